The van der Waals surface area contributed by atoms with E-state index in [9.17, 15) is 24.4 Å². The van der Waals surface area contributed by atoms with Gasteiger partial charge in [0.1, 0.15) is 12.6 Å². The van der Waals surface area contributed by atoms with E-state index < -0.39 is 29.7 Å². The average molecular weight is 410 g/mol. The zero-order valence-corrected chi connectivity index (χ0v) is 16.0. The summed E-state index contributed by atoms with van der Waals surface area (Å²) in [5.74, 6) is -2.13. The third-order valence-corrected chi connectivity index (χ3v) is 5.00. The molecule has 10 nitrogen and oxygen atoms in total. The predicted molar refractivity (Wildman–Crippen MR) is 103 cm³/mol. The second-order valence-electron chi connectivity index (χ2n) is 7.09. The molecule has 1 atom stereocenters. The number of fused-ring (bicyclic) bond motifs is 1. The minimum absolute atomic E-state index is 0.0560. The van der Waals surface area contributed by atoms with Gasteiger partial charge in [-0.2, -0.15) is 0 Å². The Morgan fingerprint density at radius 1 is 1.23 bits per heavy atom. The first-order chi connectivity index (χ1) is 14.4. The first kappa shape index (κ1) is 19.4. The molecule has 4 rings (SSSR count). The minimum Gasteiger partial charge on any atom is -0.708 e. The predicted octanol–water partition coefficient (Wildman–Crippen LogP) is 0.983. The van der Waals surface area contributed by atoms with Crippen molar-refractivity contribution in [2.75, 3.05) is 7.05 Å². The molecule has 2 aliphatic heterocycles. The highest BCUT2D eigenvalue weighted by Gasteiger charge is 2.45. The van der Waals surface area contributed by atoms with Crippen LogP contribution in [-0.4, -0.2) is 57.6 Å². The van der Waals surface area contributed by atoms with Crippen LogP contribution in [0.25, 0.3) is 0 Å². The van der Waals surface area contributed by atoms with Gasteiger partial charge < -0.3 is 9.62 Å². The number of hydrogen-bond donors (Lipinski definition) is 1. The van der Waals surface area contributed by atoms with Gasteiger partial charge in [0, 0.05) is 18.1 Å². The highest BCUT2D eigenvalue weighted by molar-refractivity contribution is 6.24. The van der Waals surface area contributed by atoms with Gasteiger partial charge in [0.15, 0.2) is 0 Å². The van der Waals surface area contributed by atoms with Crippen LogP contribution in [0, 0.1) is 5.21 Å². The Kier molecular flexibility index (Phi) is 4.82. The van der Waals surface area contributed by atoms with E-state index in [1.165, 1.54) is 24.7 Å². The van der Waals surface area contributed by atoms with E-state index in [0.717, 1.165) is 4.90 Å². The van der Waals surface area contributed by atoms with Gasteiger partial charge >= 0.3 is 0 Å². The molecule has 2 aliphatic rings. The number of hydrogen-bond acceptors (Lipinski definition) is 6. The summed E-state index contributed by atoms with van der Waals surface area (Å²) >= 11 is 0. The summed E-state index contributed by atoms with van der Waals surface area (Å²) in [6.07, 6.45) is 2.79. The maximum Gasteiger partial charge on any atom is 0.291 e. The standard InChI is InChI=1S/C20H18N4O6/c1-22(11-23(29)16-6-3-9-30-16)10-12-4-2-5-13-17(12)20(28)24(19(13)27)14-7-8-15(25)21-18(14)26/h2-6,9,11,14H,7-8,10H2,1H3,(H,21,25,26)/b23-11-. The highest BCUT2D eigenvalue weighted by Crippen LogP contribution is 2.30. The lowest BCUT2D eigenvalue weighted by molar-refractivity contribution is -0.379. The van der Waals surface area contributed by atoms with Crippen molar-refractivity contribution in [1.82, 2.24) is 15.1 Å². The summed E-state index contributed by atoms with van der Waals surface area (Å²) in [5, 5.41) is 14.3. The summed E-state index contributed by atoms with van der Waals surface area (Å²) in [6, 6.07) is 6.93. The number of furan rings is 1. The molecule has 30 heavy (non-hydrogen) atoms. The van der Waals surface area contributed by atoms with Crippen LogP contribution < -0.4 is 5.32 Å². The van der Waals surface area contributed by atoms with E-state index in [2.05, 4.69) is 5.32 Å². The summed E-state index contributed by atoms with van der Waals surface area (Å²) in [6.45, 7) is 0.171. The number of piperidine rings is 1. The molecule has 1 aromatic heterocycles. The monoisotopic (exact) mass is 410 g/mol. The molecule has 0 radical (unpaired) electrons. The molecule has 154 valence electrons. The van der Waals surface area contributed by atoms with Crippen LogP contribution in [0.4, 0.5) is 5.88 Å². The molecule has 0 aliphatic carbocycles. The van der Waals surface area contributed by atoms with E-state index in [1.54, 1.807) is 30.1 Å². The summed E-state index contributed by atoms with van der Waals surface area (Å²) in [4.78, 5) is 52.0. The third kappa shape index (κ3) is 3.32. The topological polar surface area (TPSA) is 126 Å². The third-order valence-electron chi connectivity index (χ3n) is 5.00. The molecule has 1 N–H and O–H groups in total. The van der Waals surface area contributed by atoms with Gasteiger partial charge in [-0.25, -0.2) is 4.74 Å². The van der Waals surface area contributed by atoms with Crippen molar-refractivity contribution in [2.45, 2.75) is 25.4 Å². The van der Waals surface area contributed by atoms with Crippen molar-refractivity contribution in [2.24, 2.45) is 0 Å². The van der Waals surface area contributed by atoms with Crippen molar-refractivity contribution in [3.05, 3.63) is 58.5 Å². The number of carbonyl (C=O) groups is 4. The normalized spacial score (nSPS) is 19.2. The van der Waals surface area contributed by atoms with Crippen LogP contribution in [0.5, 0.6) is 0 Å². The highest BCUT2D eigenvalue weighted by atomic mass is 16.5. The fourth-order valence-corrected chi connectivity index (χ4v) is 3.66. The van der Waals surface area contributed by atoms with E-state index in [0.29, 0.717) is 10.3 Å². The van der Waals surface area contributed by atoms with Crippen molar-refractivity contribution < 1.29 is 28.3 Å². The Labute approximate surface area is 170 Å². The van der Waals surface area contributed by atoms with Gasteiger partial charge in [-0.3, -0.25) is 34.3 Å². The lowest BCUT2D eigenvalue weighted by Crippen LogP contribution is -2.54. The molecule has 1 aromatic carbocycles. The zero-order valence-electron chi connectivity index (χ0n) is 16.0. The Morgan fingerprint density at radius 3 is 2.73 bits per heavy atom. The number of nitrogens with zero attached hydrogens (tertiary/aromatic N) is 3. The number of nitrogens with one attached hydrogen (secondary N) is 1. The summed E-state index contributed by atoms with van der Waals surface area (Å²) < 4.78 is 5.59. The molecular weight excluding hydrogens is 392 g/mol. The molecule has 1 fully saturated rings. The number of imide groups is 2. The molecule has 1 unspecified atom stereocenters. The second kappa shape index (κ2) is 7.47. The first-order valence-corrected chi connectivity index (χ1v) is 9.25. The number of amides is 4. The minimum atomic E-state index is -1.02. The SMILES string of the molecule is CN(/C=[N+](\[O-])c1ccco1)Cc1cccc2c1C(=O)N(C1CCC(=O)NC1=O)C2=O. The van der Waals surface area contributed by atoms with E-state index in [-0.39, 0.29) is 36.4 Å². The molecule has 3 heterocycles. The molecule has 0 bridgehead atoms. The van der Waals surface area contributed by atoms with Crippen molar-refractivity contribution in [3.8, 4) is 0 Å². The zero-order chi connectivity index (χ0) is 21.4. The fraction of sp³-hybridized carbons (Fsp3) is 0.250. The number of benzene rings is 1. The van der Waals surface area contributed by atoms with Gasteiger partial charge in [-0.15, -0.1) is 0 Å². The molecule has 4 amide bonds. The summed E-state index contributed by atoms with van der Waals surface area (Å²) in [7, 11) is 1.65. The number of carbonyl (C=O) groups excluding carboxylic acids is 4. The lowest BCUT2D eigenvalue weighted by atomic mass is 10.0. The van der Waals surface area contributed by atoms with Crippen LogP contribution >= 0.6 is 0 Å². The molecule has 1 saturated heterocycles. The largest absolute Gasteiger partial charge is 0.708 e. The quantitative estimate of drug-likeness (QED) is 0.194. The van der Waals surface area contributed by atoms with Crippen LogP contribution in [0.3, 0.4) is 0 Å². The van der Waals surface area contributed by atoms with Crippen molar-refractivity contribution in [1.29, 1.82) is 0 Å². The Balaban J connectivity index is 1.60. The van der Waals surface area contributed by atoms with Gasteiger partial charge in [0.25, 0.3) is 17.7 Å². The van der Waals surface area contributed by atoms with Gasteiger partial charge in [0.2, 0.25) is 18.2 Å². The molecule has 10 heteroatoms. The van der Waals surface area contributed by atoms with Crippen LogP contribution in [0.2, 0.25) is 0 Å². The Morgan fingerprint density at radius 2 is 2.03 bits per heavy atom. The van der Waals surface area contributed by atoms with Gasteiger partial charge in [0.05, 0.1) is 24.4 Å². The van der Waals surface area contributed by atoms with E-state index in [4.69, 9.17) is 4.42 Å². The smallest absolute Gasteiger partial charge is 0.291 e. The molecule has 2 aromatic rings. The first-order valence-electron chi connectivity index (χ1n) is 9.25. The lowest BCUT2D eigenvalue weighted by Gasteiger charge is -2.27. The fourth-order valence-electron chi connectivity index (χ4n) is 3.66. The van der Waals surface area contributed by atoms with Gasteiger partial charge in [-0.1, -0.05) is 12.1 Å². The van der Waals surface area contributed by atoms with E-state index >= 15 is 0 Å². The maximum atomic E-state index is 13.1. The molecule has 0 spiro atoms. The van der Waals surface area contributed by atoms with Crippen LogP contribution in [0.1, 0.15) is 39.1 Å². The maximum absolute atomic E-state index is 13.1. The van der Waals surface area contributed by atoms with Crippen molar-refractivity contribution in [3.63, 3.8) is 0 Å². The Hall–Kier alpha value is -3.95. The van der Waals surface area contributed by atoms with Crippen LogP contribution in [0.15, 0.2) is 41.0 Å². The second-order valence-corrected chi connectivity index (χ2v) is 7.09. The Bertz CT molecular complexity index is 1070. The number of rotatable bonds is 5. The van der Waals surface area contributed by atoms with Gasteiger partial charge in [-0.05, 0) is 18.6 Å². The average Bonchev–Trinajstić information content (AvgIpc) is 3.31. The van der Waals surface area contributed by atoms with Crippen LogP contribution in [-0.2, 0) is 16.1 Å². The van der Waals surface area contributed by atoms with Crippen molar-refractivity contribution >= 4 is 35.9 Å². The molecular formula is C20H18N4O6. The summed E-state index contributed by atoms with van der Waals surface area (Å²) in [5.41, 5.74) is 0.927. The van der Waals surface area contributed by atoms with E-state index in [1.807, 2.05) is 0 Å². The molecule has 0 saturated carbocycles.